The van der Waals surface area contributed by atoms with Gasteiger partial charge in [0.15, 0.2) is 0 Å². The van der Waals surface area contributed by atoms with Crippen molar-refractivity contribution in [2.24, 2.45) is 0 Å². The van der Waals surface area contributed by atoms with Crippen molar-refractivity contribution in [2.45, 2.75) is 43.7 Å². The van der Waals surface area contributed by atoms with Crippen LogP contribution in [0.1, 0.15) is 32.1 Å². The van der Waals surface area contributed by atoms with E-state index in [9.17, 15) is 9.90 Å². The van der Waals surface area contributed by atoms with E-state index in [0.717, 1.165) is 12.8 Å². The smallest absolute Gasteiger partial charge is 0.315 e. The highest BCUT2D eigenvalue weighted by atomic mass is 16.5. The van der Waals surface area contributed by atoms with E-state index < -0.39 is 5.60 Å². The molecule has 1 aliphatic heterocycles. The molecule has 0 radical (unpaired) electrons. The zero-order valence-electron chi connectivity index (χ0n) is 9.50. The van der Waals surface area contributed by atoms with Crippen LogP contribution in [0.4, 0.5) is 4.79 Å². The van der Waals surface area contributed by atoms with E-state index in [2.05, 4.69) is 10.6 Å². The van der Waals surface area contributed by atoms with Gasteiger partial charge in [-0.15, -0.1) is 0 Å². The minimum Gasteiger partial charge on any atom is -0.388 e. The maximum atomic E-state index is 11.5. The molecule has 1 saturated heterocycles. The number of rotatable bonds is 3. The van der Waals surface area contributed by atoms with Crippen molar-refractivity contribution in [3.8, 4) is 0 Å². The fourth-order valence-corrected chi connectivity index (χ4v) is 1.96. The Morgan fingerprint density at radius 3 is 2.62 bits per heavy atom. The predicted octanol–water partition coefficient (Wildman–Crippen LogP) is 0.380. The van der Waals surface area contributed by atoms with E-state index in [-0.39, 0.29) is 6.03 Å². The Hall–Kier alpha value is -0.810. The van der Waals surface area contributed by atoms with Gasteiger partial charge in [-0.1, -0.05) is 0 Å². The van der Waals surface area contributed by atoms with Gasteiger partial charge in [0.05, 0.1) is 5.60 Å². The molecule has 5 nitrogen and oxygen atoms in total. The third-order valence-corrected chi connectivity index (χ3v) is 3.44. The number of carbonyl (C=O) groups excluding carboxylic acids is 1. The lowest BCUT2D eigenvalue weighted by molar-refractivity contribution is -0.0601. The minimum atomic E-state index is -0.783. The fourth-order valence-electron chi connectivity index (χ4n) is 1.96. The van der Waals surface area contributed by atoms with Crippen LogP contribution in [0.25, 0.3) is 0 Å². The molecule has 1 heterocycles. The molecule has 5 heteroatoms. The second-order valence-electron chi connectivity index (χ2n) is 4.79. The van der Waals surface area contributed by atoms with Crippen molar-refractivity contribution >= 4 is 6.03 Å². The summed E-state index contributed by atoms with van der Waals surface area (Å²) in [5.41, 5.74) is -0.783. The van der Waals surface area contributed by atoms with Crippen LogP contribution in [0.2, 0.25) is 0 Å². The maximum absolute atomic E-state index is 11.5. The lowest BCUT2D eigenvalue weighted by Gasteiger charge is -2.33. The van der Waals surface area contributed by atoms with E-state index in [1.54, 1.807) is 0 Å². The molecule has 1 saturated carbocycles. The molecule has 2 rings (SSSR count). The first kappa shape index (κ1) is 11.7. The normalized spacial score (nSPS) is 24.6. The number of aliphatic hydroxyl groups is 1. The molecule has 2 aliphatic rings. The summed E-state index contributed by atoms with van der Waals surface area (Å²) in [6, 6.07) is 0.175. The van der Waals surface area contributed by atoms with E-state index >= 15 is 0 Å². The molecule has 0 atom stereocenters. The Labute approximate surface area is 95.5 Å². The van der Waals surface area contributed by atoms with Crippen molar-refractivity contribution in [3.63, 3.8) is 0 Å². The zero-order chi connectivity index (χ0) is 11.4. The van der Waals surface area contributed by atoms with Gasteiger partial charge in [-0.25, -0.2) is 4.79 Å². The Balaban J connectivity index is 1.66. The standard InChI is InChI=1S/C11H20N2O3/c14-10(13-9-2-1-3-9)12-8-11(15)4-6-16-7-5-11/h9,15H,1-8H2,(H2,12,13,14). The third-order valence-electron chi connectivity index (χ3n) is 3.44. The molecule has 3 N–H and O–H groups in total. The summed E-state index contributed by atoms with van der Waals surface area (Å²) in [5.74, 6) is 0. The van der Waals surface area contributed by atoms with Gasteiger partial charge in [0.25, 0.3) is 0 Å². The van der Waals surface area contributed by atoms with Gasteiger partial charge in [0, 0.05) is 38.6 Å². The minimum absolute atomic E-state index is 0.162. The number of hydrogen-bond acceptors (Lipinski definition) is 3. The Morgan fingerprint density at radius 1 is 1.38 bits per heavy atom. The largest absolute Gasteiger partial charge is 0.388 e. The van der Waals surface area contributed by atoms with Crippen LogP contribution in [0.3, 0.4) is 0 Å². The number of carbonyl (C=O) groups is 1. The molecule has 0 aromatic heterocycles. The van der Waals surface area contributed by atoms with Gasteiger partial charge in [0.2, 0.25) is 0 Å². The van der Waals surface area contributed by atoms with Crippen LogP contribution in [-0.4, -0.2) is 42.5 Å². The lowest BCUT2D eigenvalue weighted by Crippen LogP contribution is -2.51. The first-order valence-electron chi connectivity index (χ1n) is 6.02. The number of urea groups is 1. The van der Waals surface area contributed by atoms with Crippen molar-refractivity contribution in [1.82, 2.24) is 10.6 Å². The van der Waals surface area contributed by atoms with Crippen LogP contribution in [0.5, 0.6) is 0 Å². The Kier molecular flexibility index (Phi) is 3.66. The van der Waals surface area contributed by atoms with E-state index in [1.165, 1.54) is 6.42 Å². The van der Waals surface area contributed by atoms with Gasteiger partial charge in [-0.2, -0.15) is 0 Å². The summed E-state index contributed by atoms with van der Waals surface area (Å²) in [4.78, 5) is 11.5. The zero-order valence-corrected chi connectivity index (χ0v) is 9.50. The molecule has 0 bridgehead atoms. The van der Waals surface area contributed by atoms with Crippen LogP contribution in [0, 0.1) is 0 Å². The van der Waals surface area contributed by atoms with E-state index in [0.29, 0.717) is 38.6 Å². The molecule has 1 aliphatic carbocycles. The SMILES string of the molecule is O=C(NCC1(O)CCOCC1)NC1CCC1. The topological polar surface area (TPSA) is 70.6 Å². The van der Waals surface area contributed by atoms with Gasteiger partial charge >= 0.3 is 6.03 Å². The fraction of sp³-hybridized carbons (Fsp3) is 0.909. The highest BCUT2D eigenvalue weighted by molar-refractivity contribution is 5.74. The molecule has 2 fully saturated rings. The van der Waals surface area contributed by atoms with Crippen LogP contribution in [-0.2, 0) is 4.74 Å². The Morgan fingerprint density at radius 2 is 2.06 bits per heavy atom. The highest BCUT2D eigenvalue weighted by Crippen LogP contribution is 2.20. The van der Waals surface area contributed by atoms with Crippen molar-refractivity contribution in [2.75, 3.05) is 19.8 Å². The molecule has 2 amide bonds. The second kappa shape index (κ2) is 5.01. The highest BCUT2D eigenvalue weighted by Gasteiger charge is 2.30. The molecule has 0 spiro atoms. The maximum Gasteiger partial charge on any atom is 0.315 e. The lowest BCUT2D eigenvalue weighted by atomic mass is 9.93. The monoisotopic (exact) mass is 228 g/mol. The third kappa shape index (κ3) is 3.09. The van der Waals surface area contributed by atoms with Gasteiger partial charge in [-0.3, -0.25) is 0 Å². The van der Waals surface area contributed by atoms with Crippen LogP contribution in [0.15, 0.2) is 0 Å². The van der Waals surface area contributed by atoms with E-state index in [4.69, 9.17) is 4.74 Å². The predicted molar refractivity (Wildman–Crippen MR) is 59.2 cm³/mol. The number of amides is 2. The summed E-state index contributed by atoms with van der Waals surface area (Å²) in [7, 11) is 0. The van der Waals surface area contributed by atoms with Gasteiger partial charge in [-0.05, 0) is 19.3 Å². The molecule has 16 heavy (non-hydrogen) atoms. The van der Waals surface area contributed by atoms with E-state index in [1.807, 2.05) is 0 Å². The summed E-state index contributed by atoms with van der Waals surface area (Å²) in [5, 5.41) is 15.7. The molecule has 0 aromatic carbocycles. The van der Waals surface area contributed by atoms with Crippen LogP contribution < -0.4 is 10.6 Å². The van der Waals surface area contributed by atoms with Crippen molar-refractivity contribution in [1.29, 1.82) is 0 Å². The summed E-state index contributed by atoms with van der Waals surface area (Å²) in [6.45, 7) is 1.46. The summed E-state index contributed by atoms with van der Waals surface area (Å²) < 4.78 is 5.17. The number of nitrogens with one attached hydrogen (secondary N) is 2. The van der Waals surface area contributed by atoms with Crippen molar-refractivity contribution < 1.29 is 14.6 Å². The van der Waals surface area contributed by atoms with Crippen LogP contribution >= 0.6 is 0 Å². The van der Waals surface area contributed by atoms with Gasteiger partial charge < -0.3 is 20.5 Å². The molecular formula is C11H20N2O3. The van der Waals surface area contributed by atoms with Crippen molar-refractivity contribution in [3.05, 3.63) is 0 Å². The molecular weight excluding hydrogens is 208 g/mol. The van der Waals surface area contributed by atoms with Gasteiger partial charge in [0.1, 0.15) is 0 Å². The number of ether oxygens (including phenoxy) is 1. The number of hydrogen-bond donors (Lipinski definition) is 3. The average Bonchev–Trinajstić information content (AvgIpc) is 2.22. The molecule has 92 valence electrons. The summed E-state index contributed by atoms with van der Waals surface area (Å²) >= 11 is 0. The summed E-state index contributed by atoms with van der Waals surface area (Å²) in [6.07, 6.45) is 4.54. The average molecular weight is 228 g/mol. The quantitative estimate of drug-likeness (QED) is 0.654. The first-order valence-corrected chi connectivity index (χ1v) is 6.02. The molecule has 0 aromatic rings. The first-order chi connectivity index (χ1) is 7.68. The molecule has 0 unspecified atom stereocenters. The second-order valence-corrected chi connectivity index (χ2v) is 4.79. The Bertz CT molecular complexity index is 248.